The van der Waals surface area contributed by atoms with Gasteiger partial charge < -0.3 is 4.57 Å². The summed E-state index contributed by atoms with van der Waals surface area (Å²) in [6, 6.07) is 10.4. The van der Waals surface area contributed by atoms with E-state index in [1.807, 2.05) is 37.0 Å². The number of aromatic amines is 1. The standard InChI is InChI=1S/C23H27N7/c1-15-18-6-4-5-7-19(18)26-22(25-15)13-30-10-8-17(9-11-30)20-12-21(28-27-20)23-16(2)24-14-29(23)3/h4-7,12,14,17H,8-11,13H2,1-3H3,(H,27,28). The van der Waals surface area contributed by atoms with E-state index in [-0.39, 0.29) is 0 Å². The predicted octanol–water partition coefficient (Wildman–Crippen LogP) is 3.75. The van der Waals surface area contributed by atoms with Crippen LogP contribution in [0.4, 0.5) is 0 Å². The number of H-pyrrole nitrogens is 1. The first kappa shape index (κ1) is 18.9. The zero-order valence-corrected chi connectivity index (χ0v) is 17.8. The van der Waals surface area contributed by atoms with Gasteiger partial charge in [0.05, 0.1) is 29.8 Å². The van der Waals surface area contributed by atoms with Crippen molar-refractivity contribution in [1.82, 2.24) is 34.6 Å². The van der Waals surface area contributed by atoms with E-state index in [1.165, 1.54) is 5.69 Å². The van der Waals surface area contributed by atoms with E-state index in [0.717, 1.165) is 72.0 Å². The molecule has 1 aliphatic rings. The zero-order chi connectivity index (χ0) is 20.7. The molecule has 7 nitrogen and oxygen atoms in total. The van der Waals surface area contributed by atoms with E-state index in [9.17, 15) is 0 Å². The quantitative estimate of drug-likeness (QED) is 0.564. The highest BCUT2D eigenvalue weighted by Crippen LogP contribution is 2.30. The molecule has 0 amide bonds. The number of rotatable bonds is 4. The number of imidazole rings is 1. The van der Waals surface area contributed by atoms with Crippen LogP contribution in [-0.4, -0.2) is 47.7 Å². The summed E-state index contributed by atoms with van der Waals surface area (Å²) in [5, 5.41) is 8.98. The largest absolute Gasteiger partial charge is 0.332 e. The fourth-order valence-corrected chi connectivity index (χ4v) is 4.55. The second-order valence-electron chi connectivity index (χ2n) is 8.29. The third-order valence-electron chi connectivity index (χ3n) is 6.19. The topological polar surface area (TPSA) is 75.5 Å². The van der Waals surface area contributed by atoms with Gasteiger partial charge in [0.15, 0.2) is 0 Å². The summed E-state index contributed by atoms with van der Waals surface area (Å²) >= 11 is 0. The highest BCUT2D eigenvalue weighted by Gasteiger charge is 2.24. The molecule has 0 bridgehead atoms. The zero-order valence-electron chi connectivity index (χ0n) is 17.8. The summed E-state index contributed by atoms with van der Waals surface area (Å²) in [4.78, 5) is 16.4. The lowest BCUT2D eigenvalue weighted by molar-refractivity contribution is 0.199. The van der Waals surface area contributed by atoms with Crippen molar-refractivity contribution in [2.45, 2.75) is 39.2 Å². The average molecular weight is 402 g/mol. The van der Waals surface area contributed by atoms with Crippen LogP contribution < -0.4 is 0 Å². The molecular weight excluding hydrogens is 374 g/mol. The Morgan fingerprint density at radius 3 is 2.63 bits per heavy atom. The molecular formula is C23H27N7. The Morgan fingerprint density at radius 1 is 1.07 bits per heavy atom. The van der Waals surface area contributed by atoms with Crippen molar-refractivity contribution in [3.63, 3.8) is 0 Å². The number of hydrogen-bond acceptors (Lipinski definition) is 5. The maximum atomic E-state index is 4.78. The van der Waals surface area contributed by atoms with Crippen molar-refractivity contribution >= 4 is 10.9 Å². The van der Waals surface area contributed by atoms with Crippen LogP contribution in [0.1, 0.15) is 41.7 Å². The van der Waals surface area contributed by atoms with Gasteiger partial charge in [-0.3, -0.25) is 10.00 Å². The Labute approximate surface area is 176 Å². The predicted molar refractivity (Wildman–Crippen MR) is 117 cm³/mol. The Hall–Kier alpha value is -3.06. The minimum absolute atomic E-state index is 0.510. The molecule has 4 aromatic rings. The van der Waals surface area contributed by atoms with Crippen molar-refractivity contribution in [2.75, 3.05) is 13.1 Å². The molecule has 1 aliphatic heterocycles. The fourth-order valence-electron chi connectivity index (χ4n) is 4.55. The summed E-state index contributed by atoms with van der Waals surface area (Å²) in [5.74, 6) is 1.43. The smallest absolute Gasteiger partial charge is 0.143 e. The number of fused-ring (bicyclic) bond motifs is 1. The van der Waals surface area contributed by atoms with Crippen molar-refractivity contribution < 1.29 is 0 Å². The first-order chi connectivity index (χ1) is 14.6. The number of aryl methyl sites for hydroxylation is 3. The van der Waals surface area contributed by atoms with Gasteiger partial charge in [-0.05, 0) is 51.9 Å². The molecule has 0 radical (unpaired) electrons. The molecule has 0 atom stereocenters. The Bertz CT molecular complexity index is 1160. The molecule has 1 saturated heterocycles. The van der Waals surface area contributed by atoms with Gasteiger partial charge in [0.1, 0.15) is 11.5 Å². The number of para-hydroxylation sites is 1. The van der Waals surface area contributed by atoms with Crippen molar-refractivity contribution in [2.24, 2.45) is 7.05 Å². The van der Waals surface area contributed by atoms with Gasteiger partial charge in [0.25, 0.3) is 0 Å². The third kappa shape index (κ3) is 3.50. The highest BCUT2D eigenvalue weighted by molar-refractivity contribution is 5.80. The van der Waals surface area contributed by atoms with Crippen LogP contribution in [0.25, 0.3) is 22.3 Å². The van der Waals surface area contributed by atoms with Crippen LogP contribution in [-0.2, 0) is 13.6 Å². The lowest BCUT2D eigenvalue weighted by Crippen LogP contribution is -2.33. The highest BCUT2D eigenvalue weighted by atomic mass is 15.2. The number of aromatic nitrogens is 6. The van der Waals surface area contributed by atoms with Crippen molar-refractivity contribution in [3.8, 4) is 11.4 Å². The summed E-state index contributed by atoms with van der Waals surface area (Å²) < 4.78 is 2.03. The Balaban J connectivity index is 1.25. The summed E-state index contributed by atoms with van der Waals surface area (Å²) in [6.45, 7) is 6.98. The van der Waals surface area contributed by atoms with Crippen LogP contribution in [0.5, 0.6) is 0 Å². The lowest BCUT2D eigenvalue weighted by Gasteiger charge is -2.30. The Kier molecular flexibility index (Phi) is 4.83. The number of piperidine rings is 1. The summed E-state index contributed by atoms with van der Waals surface area (Å²) in [6.07, 6.45) is 4.06. The van der Waals surface area contributed by atoms with E-state index in [4.69, 9.17) is 9.97 Å². The molecule has 1 fully saturated rings. The van der Waals surface area contributed by atoms with Gasteiger partial charge in [-0.2, -0.15) is 5.10 Å². The SMILES string of the molecule is Cc1ncn(C)c1-c1cc(C2CCN(Cc3nc(C)c4ccccc4n3)CC2)[nH]n1. The van der Waals surface area contributed by atoms with Gasteiger partial charge in [-0.25, -0.2) is 15.0 Å². The van der Waals surface area contributed by atoms with Crippen LogP contribution in [0.2, 0.25) is 0 Å². The molecule has 7 heteroatoms. The lowest BCUT2D eigenvalue weighted by atomic mass is 9.93. The number of nitrogens with one attached hydrogen (secondary N) is 1. The number of nitrogens with zero attached hydrogens (tertiary/aromatic N) is 6. The maximum Gasteiger partial charge on any atom is 0.143 e. The number of benzene rings is 1. The maximum absolute atomic E-state index is 4.78. The first-order valence-electron chi connectivity index (χ1n) is 10.6. The summed E-state index contributed by atoms with van der Waals surface area (Å²) in [5.41, 5.74) is 6.38. The van der Waals surface area contributed by atoms with E-state index >= 15 is 0 Å². The third-order valence-corrected chi connectivity index (χ3v) is 6.19. The van der Waals surface area contributed by atoms with Crippen LogP contribution in [0.15, 0.2) is 36.7 Å². The van der Waals surface area contributed by atoms with Crippen molar-refractivity contribution in [1.29, 1.82) is 0 Å². The molecule has 4 heterocycles. The van der Waals surface area contributed by atoms with Crippen LogP contribution in [0, 0.1) is 13.8 Å². The molecule has 0 spiro atoms. The monoisotopic (exact) mass is 401 g/mol. The minimum Gasteiger partial charge on any atom is -0.332 e. The summed E-state index contributed by atoms with van der Waals surface area (Å²) in [7, 11) is 2.01. The van der Waals surface area contributed by atoms with E-state index in [2.05, 4.69) is 45.2 Å². The van der Waals surface area contributed by atoms with Crippen molar-refractivity contribution in [3.05, 3.63) is 59.6 Å². The molecule has 154 valence electrons. The van der Waals surface area contributed by atoms with E-state index in [0.29, 0.717) is 5.92 Å². The molecule has 30 heavy (non-hydrogen) atoms. The van der Waals surface area contributed by atoms with Gasteiger partial charge >= 0.3 is 0 Å². The first-order valence-corrected chi connectivity index (χ1v) is 10.6. The van der Waals surface area contributed by atoms with Crippen LogP contribution in [0.3, 0.4) is 0 Å². The van der Waals surface area contributed by atoms with Gasteiger partial charge in [0, 0.05) is 29.7 Å². The minimum atomic E-state index is 0.510. The van der Waals surface area contributed by atoms with Gasteiger partial charge in [0.2, 0.25) is 0 Å². The van der Waals surface area contributed by atoms with E-state index < -0.39 is 0 Å². The Morgan fingerprint density at radius 2 is 1.87 bits per heavy atom. The second-order valence-corrected chi connectivity index (χ2v) is 8.29. The second kappa shape index (κ2) is 7.65. The molecule has 1 N–H and O–H groups in total. The van der Waals surface area contributed by atoms with Crippen LogP contribution >= 0.6 is 0 Å². The molecule has 0 unspecified atom stereocenters. The van der Waals surface area contributed by atoms with Gasteiger partial charge in [-0.15, -0.1) is 0 Å². The fraction of sp³-hybridized carbons (Fsp3) is 0.391. The molecule has 5 rings (SSSR count). The molecule has 0 aliphatic carbocycles. The molecule has 1 aromatic carbocycles. The molecule has 0 saturated carbocycles. The normalized spacial score (nSPS) is 15.8. The van der Waals surface area contributed by atoms with Gasteiger partial charge in [-0.1, -0.05) is 18.2 Å². The average Bonchev–Trinajstić information content (AvgIpc) is 3.35. The molecule has 3 aromatic heterocycles. The number of likely N-dealkylation sites (tertiary alicyclic amines) is 1. The van der Waals surface area contributed by atoms with E-state index in [1.54, 1.807) is 0 Å². The number of hydrogen-bond donors (Lipinski definition) is 1.